The number of fused-ring (bicyclic) bond motifs is 1. The first-order valence-corrected chi connectivity index (χ1v) is 7.77. The summed E-state index contributed by atoms with van der Waals surface area (Å²) < 4.78 is 14.1. The summed E-state index contributed by atoms with van der Waals surface area (Å²) in [4.78, 5) is 16.5. The summed E-state index contributed by atoms with van der Waals surface area (Å²) in [5.74, 6) is 0.338. The number of aromatic nitrogens is 2. The van der Waals surface area contributed by atoms with Crippen molar-refractivity contribution in [2.45, 2.75) is 24.1 Å². The van der Waals surface area contributed by atoms with Gasteiger partial charge in [0.05, 0.1) is 16.4 Å². The summed E-state index contributed by atoms with van der Waals surface area (Å²) in [6, 6.07) is 4.48. The smallest absolute Gasteiger partial charge is 0.229 e. The molecule has 1 aliphatic rings. The van der Waals surface area contributed by atoms with Gasteiger partial charge in [0.1, 0.15) is 16.0 Å². The molecule has 0 aliphatic heterocycles. The number of benzene rings is 1. The molecule has 3 rings (SSSR count). The molecule has 0 spiro atoms. The van der Waals surface area contributed by atoms with Crippen LogP contribution < -0.4 is 5.32 Å². The van der Waals surface area contributed by atoms with E-state index in [4.69, 9.17) is 23.2 Å². The Bertz CT molecular complexity index is 759. The number of carbonyl (C=O) groups is 1. The van der Waals surface area contributed by atoms with Crippen LogP contribution in [0.25, 0.3) is 11.0 Å². The molecular weight excluding hydrogens is 328 g/mol. The number of imidazole rings is 1. The molecule has 4 nitrogen and oxygen atoms in total. The minimum Gasteiger partial charge on any atom is -0.355 e. The second kappa shape index (κ2) is 5.10. The molecule has 1 aliphatic carbocycles. The molecule has 1 heterocycles. The van der Waals surface area contributed by atoms with Crippen LogP contribution in [0, 0.1) is 11.2 Å². The standard InChI is InChI=1S/C15H16Cl2FN3O/c1-14(8-15(14,16)17)13(22)19-6-5-12-20-10-4-3-9(18)7-11(10)21(12)2/h3-4,7H,5-6,8H2,1-2H3,(H,19,22). The Kier molecular flexibility index (Phi) is 3.61. The third-order valence-corrected chi connectivity index (χ3v) is 5.43. The lowest BCUT2D eigenvalue weighted by Crippen LogP contribution is -2.34. The van der Waals surface area contributed by atoms with E-state index in [1.54, 1.807) is 13.0 Å². The Morgan fingerprint density at radius 3 is 2.82 bits per heavy atom. The van der Waals surface area contributed by atoms with Crippen LogP contribution in [-0.4, -0.2) is 26.3 Å². The number of rotatable bonds is 4. The number of carbonyl (C=O) groups excluding carboxylic acids is 1. The summed E-state index contributed by atoms with van der Waals surface area (Å²) in [6.07, 6.45) is 1.01. The van der Waals surface area contributed by atoms with E-state index in [1.807, 2.05) is 11.6 Å². The van der Waals surface area contributed by atoms with Crippen molar-refractivity contribution in [3.63, 3.8) is 0 Å². The number of nitrogens with zero attached hydrogens (tertiary/aromatic N) is 2. The van der Waals surface area contributed by atoms with E-state index in [0.29, 0.717) is 19.4 Å². The average Bonchev–Trinajstić information content (AvgIpc) is 2.82. The third-order valence-electron chi connectivity index (χ3n) is 4.33. The molecule has 7 heteroatoms. The van der Waals surface area contributed by atoms with Gasteiger partial charge in [0.25, 0.3) is 0 Å². The van der Waals surface area contributed by atoms with Gasteiger partial charge in [0.2, 0.25) is 5.91 Å². The highest BCUT2D eigenvalue weighted by Gasteiger charge is 2.67. The van der Waals surface area contributed by atoms with Crippen LogP contribution in [0.1, 0.15) is 19.2 Å². The third kappa shape index (κ3) is 2.46. The minimum atomic E-state index is -0.966. The van der Waals surface area contributed by atoms with Crippen molar-refractivity contribution >= 4 is 40.1 Å². The molecule has 1 N–H and O–H groups in total. The van der Waals surface area contributed by atoms with Crippen molar-refractivity contribution in [2.24, 2.45) is 12.5 Å². The number of hydrogen-bond donors (Lipinski definition) is 1. The zero-order valence-electron chi connectivity index (χ0n) is 12.3. The van der Waals surface area contributed by atoms with Crippen molar-refractivity contribution in [3.8, 4) is 0 Å². The summed E-state index contributed by atoms with van der Waals surface area (Å²) in [7, 11) is 1.83. The molecule has 0 radical (unpaired) electrons. The first-order valence-electron chi connectivity index (χ1n) is 7.01. The van der Waals surface area contributed by atoms with Gasteiger partial charge in [-0.15, -0.1) is 23.2 Å². The highest BCUT2D eigenvalue weighted by molar-refractivity contribution is 6.53. The van der Waals surface area contributed by atoms with Gasteiger partial charge in [-0.3, -0.25) is 4.79 Å². The van der Waals surface area contributed by atoms with Crippen LogP contribution >= 0.6 is 23.2 Å². The van der Waals surface area contributed by atoms with E-state index in [1.165, 1.54) is 12.1 Å². The molecule has 2 aromatic rings. The van der Waals surface area contributed by atoms with Gasteiger partial charge in [-0.1, -0.05) is 0 Å². The fourth-order valence-corrected chi connectivity index (χ4v) is 3.27. The summed E-state index contributed by atoms with van der Waals surface area (Å²) >= 11 is 12.0. The maximum absolute atomic E-state index is 13.3. The number of amides is 1. The molecule has 1 aromatic carbocycles. The van der Waals surface area contributed by atoms with Crippen molar-refractivity contribution < 1.29 is 9.18 Å². The molecule has 1 fully saturated rings. The SMILES string of the molecule is Cn1c(CCNC(=O)C2(C)CC2(Cl)Cl)nc2ccc(F)cc21. The highest BCUT2D eigenvalue weighted by atomic mass is 35.5. The van der Waals surface area contributed by atoms with Crippen LogP contribution in [0.5, 0.6) is 0 Å². The van der Waals surface area contributed by atoms with Gasteiger partial charge in [-0.05, 0) is 31.5 Å². The van der Waals surface area contributed by atoms with Crippen LogP contribution in [-0.2, 0) is 18.3 Å². The Morgan fingerprint density at radius 2 is 2.18 bits per heavy atom. The molecule has 1 saturated carbocycles. The minimum absolute atomic E-state index is 0.151. The maximum Gasteiger partial charge on any atom is 0.229 e. The number of nitrogens with one attached hydrogen (secondary N) is 1. The Hall–Kier alpha value is -1.33. The van der Waals surface area contributed by atoms with Gasteiger partial charge in [-0.25, -0.2) is 9.37 Å². The molecule has 1 atom stereocenters. The predicted molar refractivity (Wildman–Crippen MR) is 84.5 cm³/mol. The van der Waals surface area contributed by atoms with E-state index >= 15 is 0 Å². The maximum atomic E-state index is 13.3. The summed E-state index contributed by atoms with van der Waals surface area (Å²) in [5, 5.41) is 2.84. The average molecular weight is 344 g/mol. The molecule has 0 saturated heterocycles. The van der Waals surface area contributed by atoms with Gasteiger partial charge >= 0.3 is 0 Å². The predicted octanol–water partition coefficient (Wildman–Crippen LogP) is 2.96. The van der Waals surface area contributed by atoms with Gasteiger partial charge in [-0.2, -0.15) is 0 Å². The lowest BCUT2D eigenvalue weighted by Gasteiger charge is -2.12. The Morgan fingerprint density at radius 1 is 1.50 bits per heavy atom. The Labute approximate surface area is 137 Å². The normalized spacial score (nSPS) is 22.8. The monoisotopic (exact) mass is 343 g/mol. The fraction of sp³-hybridized carbons (Fsp3) is 0.467. The van der Waals surface area contributed by atoms with Crippen molar-refractivity contribution in [1.82, 2.24) is 14.9 Å². The molecular formula is C15H16Cl2FN3O. The van der Waals surface area contributed by atoms with Crippen molar-refractivity contribution in [1.29, 1.82) is 0 Å². The topological polar surface area (TPSA) is 46.9 Å². The molecule has 1 unspecified atom stereocenters. The number of aryl methyl sites for hydroxylation is 1. The zero-order valence-corrected chi connectivity index (χ0v) is 13.8. The van der Waals surface area contributed by atoms with E-state index in [-0.39, 0.29) is 11.7 Å². The first-order chi connectivity index (χ1) is 10.2. The van der Waals surface area contributed by atoms with Crippen LogP contribution in [0.15, 0.2) is 18.2 Å². The van der Waals surface area contributed by atoms with Gasteiger partial charge < -0.3 is 9.88 Å². The quantitative estimate of drug-likeness (QED) is 0.867. The number of hydrogen-bond acceptors (Lipinski definition) is 2. The van der Waals surface area contributed by atoms with Crippen LogP contribution in [0.4, 0.5) is 4.39 Å². The van der Waals surface area contributed by atoms with Crippen LogP contribution in [0.3, 0.4) is 0 Å². The summed E-state index contributed by atoms with van der Waals surface area (Å²) in [6.45, 7) is 2.18. The van der Waals surface area contributed by atoms with E-state index in [9.17, 15) is 9.18 Å². The van der Waals surface area contributed by atoms with E-state index in [2.05, 4.69) is 10.3 Å². The zero-order chi connectivity index (χ0) is 16.1. The summed E-state index contributed by atoms with van der Waals surface area (Å²) in [5.41, 5.74) is 0.752. The number of halogens is 3. The lowest BCUT2D eigenvalue weighted by molar-refractivity contribution is -0.125. The fourth-order valence-electron chi connectivity index (χ4n) is 2.57. The van der Waals surface area contributed by atoms with Gasteiger partial charge in [0.15, 0.2) is 0 Å². The van der Waals surface area contributed by atoms with Gasteiger partial charge in [0, 0.05) is 20.0 Å². The van der Waals surface area contributed by atoms with E-state index < -0.39 is 9.75 Å². The first kappa shape index (κ1) is 15.6. The van der Waals surface area contributed by atoms with Crippen LogP contribution in [0.2, 0.25) is 0 Å². The Balaban J connectivity index is 1.65. The molecule has 118 valence electrons. The van der Waals surface area contributed by atoms with Crippen molar-refractivity contribution in [2.75, 3.05) is 6.54 Å². The van der Waals surface area contributed by atoms with Crippen molar-refractivity contribution in [3.05, 3.63) is 29.8 Å². The number of alkyl halides is 2. The largest absolute Gasteiger partial charge is 0.355 e. The molecule has 1 aromatic heterocycles. The van der Waals surface area contributed by atoms with E-state index in [0.717, 1.165) is 16.9 Å². The second-order valence-corrected chi connectivity index (χ2v) is 7.42. The second-order valence-electron chi connectivity index (χ2n) is 5.94. The lowest BCUT2D eigenvalue weighted by atomic mass is 10.1. The molecule has 0 bridgehead atoms. The highest BCUT2D eigenvalue weighted by Crippen LogP contribution is 2.63. The molecule has 22 heavy (non-hydrogen) atoms. The molecule has 1 amide bonds.